The third kappa shape index (κ3) is 1.48. The van der Waals surface area contributed by atoms with Gasteiger partial charge in [-0.1, -0.05) is 0 Å². The van der Waals surface area contributed by atoms with Crippen LogP contribution in [0, 0.1) is 0 Å². The van der Waals surface area contributed by atoms with Gasteiger partial charge in [-0.25, -0.2) is 8.42 Å². The van der Waals surface area contributed by atoms with Crippen LogP contribution in [0.3, 0.4) is 0 Å². The average Bonchev–Trinajstić information content (AvgIpc) is 1.84. The van der Waals surface area contributed by atoms with Crippen molar-refractivity contribution in [1.82, 2.24) is 0 Å². The Morgan fingerprint density at radius 3 is 1.50 bits per heavy atom. The zero-order valence-electron chi connectivity index (χ0n) is 4.03. The first-order valence-corrected chi connectivity index (χ1v) is 3.41. The molecule has 0 aliphatic carbocycles. The summed E-state index contributed by atoms with van der Waals surface area (Å²) in [5, 5.41) is 2.32. The van der Waals surface area contributed by atoms with Crippen LogP contribution in [0.25, 0.3) is 0 Å². The molecule has 0 bridgehead atoms. The molecule has 4 heteroatoms. The van der Waals surface area contributed by atoms with Crippen LogP contribution in [-0.4, -0.2) is 13.9 Å². The molecule has 1 rings (SSSR count). The highest BCUT2D eigenvalue weighted by Crippen LogP contribution is 2.01. The van der Waals surface area contributed by atoms with Gasteiger partial charge in [0.15, 0.2) is 9.84 Å². The van der Waals surface area contributed by atoms with Crippen molar-refractivity contribution in [3.8, 4) is 0 Å². The Kier molecular flexibility index (Phi) is 1.94. The highest BCUT2D eigenvalue weighted by atomic mass is 32.2. The van der Waals surface area contributed by atoms with Crippen LogP contribution in [0.15, 0.2) is 23.0 Å². The van der Waals surface area contributed by atoms with Gasteiger partial charge in [0.2, 0.25) is 0 Å². The fourth-order valence-corrected chi connectivity index (χ4v) is 1.07. The molecule has 1 aliphatic heterocycles. The van der Waals surface area contributed by atoms with E-state index in [-0.39, 0.29) is 5.48 Å². The third-order valence-corrected chi connectivity index (χ3v) is 1.72. The molecule has 46 valence electrons. The second-order valence-electron chi connectivity index (χ2n) is 1.25. The summed E-state index contributed by atoms with van der Waals surface area (Å²) >= 11 is 0. The molecule has 0 saturated heterocycles. The van der Waals surface area contributed by atoms with E-state index in [1.165, 1.54) is 12.2 Å². The van der Waals surface area contributed by atoms with Gasteiger partial charge in [-0.15, -0.1) is 0 Å². The smallest absolute Gasteiger partial charge is 0.193 e. The molecule has 0 aromatic heterocycles. The van der Waals surface area contributed by atoms with Crippen molar-refractivity contribution in [3.05, 3.63) is 23.0 Å². The summed E-state index contributed by atoms with van der Waals surface area (Å²) in [6.45, 7) is 0. The maximum Gasteiger partial charge on any atom is 0.193 e. The van der Waals surface area contributed by atoms with Gasteiger partial charge in [-0.05, 0) is 12.2 Å². The Balaban J connectivity index is 0.000000490. The minimum absolute atomic E-state index is 0. The van der Waals surface area contributed by atoms with E-state index in [9.17, 15) is 8.42 Å². The Morgan fingerprint density at radius 1 is 1.00 bits per heavy atom. The summed E-state index contributed by atoms with van der Waals surface area (Å²) in [4.78, 5) is 0. The van der Waals surface area contributed by atoms with Crippen LogP contribution in [0.2, 0.25) is 0 Å². The Morgan fingerprint density at radius 2 is 1.38 bits per heavy atom. The van der Waals surface area contributed by atoms with Crippen LogP contribution < -0.4 is 0 Å². The molecular weight excluding hydrogens is 128 g/mol. The van der Waals surface area contributed by atoms with Crippen molar-refractivity contribution in [2.45, 2.75) is 0 Å². The summed E-state index contributed by atoms with van der Waals surface area (Å²) in [5.74, 6) is 0. The van der Waals surface area contributed by atoms with Crippen molar-refractivity contribution in [2.24, 2.45) is 0 Å². The number of allylic oxidation sites excluding steroid dienone is 2. The molecule has 1 aliphatic rings. The lowest BCUT2D eigenvalue weighted by Crippen LogP contribution is -1.80. The molecule has 0 amide bonds. The maximum absolute atomic E-state index is 10.3. The monoisotopic (exact) mass is 134 g/mol. The van der Waals surface area contributed by atoms with E-state index in [1.807, 2.05) is 0 Å². The van der Waals surface area contributed by atoms with Gasteiger partial charge in [0.05, 0.1) is 0 Å². The molecule has 0 spiro atoms. The largest absolute Gasteiger partial charge is 0.412 e. The lowest BCUT2D eigenvalue weighted by Gasteiger charge is -1.73. The number of hydrogen-bond donors (Lipinski definition) is 0. The van der Waals surface area contributed by atoms with Crippen LogP contribution in [0.5, 0.6) is 0 Å². The van der Waals surface area contributed by atoms with E-state index < -0.39 is 9.84 Å². The quantitative estimate of drug-likeness (QED) is 0.453. The van der Waals surface area contributed by atoms with Crippen LogP contribution in [0.1, 0.15) is 0 Å². The molecular formula is C4H6O3S. The first kappa shape index (κ1) is 7.39. The van der Waals surface area contributed by atoms with Gasteiger partial charge in [-0.2, -0.15) is 0 Å². The van der Waals surface area contributed by atoms with E-state index in [4.69, 9.17) is 0 Å². The highest BCUT2D eigenvalue weighted by molar-refractivity contribution is 7.97. The van der Waals surface area contributed by atoms with Gasteiger partial charge in [-0.3, -0.25) is 0 Å². The predicted octanol–water partition coefficient (Wildman–Crippen LogP) is -0.382. The Labute approximate surface area is 47.6 Å². The minimum atomic E-state index is -2.91. The Hall–Kier alpha value is -0.610. The predicted molar refractivity (Wildman–Crippen MR) is 30.8 cm³/mol. The molecule has 0 unspecified atom stereocenters. The first-order valence-electron chi connectivity index (χ1n) is 1.80. The standard InChI is InChI=1S/C4H4O2S.H2O/c5-7(6)3-1-2-4-7;/h1-4H;1H2. The fourth-order valence-electron chi connectivity index (χ4n) is 0.355. The Bertz CT molecular complexity index is 191. The summed E-state index contributed by atoms with van der Waals surface area (Å²) in [5.41, 5.74) is 0. The zero-order valence-corrected chi connectivity index (χ0v) is 4.85. The fraction of sp³-hybridized carbons (Fsp3) is 0. The molecule has 0 aromatic carbocycles. The molecule has 0 fully saturated rings. The second-order valence-corrected chi connectivity index (χ2v) is 2.97. The molecule has 8 heavy (non-hydrogen) atoms. The van der Waals surface area contributed by atoms with Crippen molar-refractivity contribution in [1.29, 1.82) is 0 Å². The summed E-state index contributed by atoms with van der Waals surface area (Å²) in [7, 11) is -2.91. The van der Waals surface area contributed by atoms with Crippen molar-refractivity contribution in [3.63, 3.8) is 0 Å². The number of hydrogen-bond acceptors (Lipinski definition) is 2. The SMILES string of the molecule is O.O=S1(=O)C=CC=C1. The summed E-state index contributed by atoms with van der Waals surface area (Å²) in [6.07, 6.45) is 2.99. The summed E-state index contributed by atoms with van der Waals surface area (Å²) in [6, 6.07) is 0. The van der Waals surface area contributed by atoms with Crippen molar-refractivity contribution >= 4 is 9.84 Å². The zero-order chi connectivity index (χ0) is 5.33. The maximum atomic E-state index is 10.3. The van der Waals surface area contributed by atoms with Crippen molar-refractivity contribution in [2.75, 3.05) is 0 Å². The lowest BCUT2D eigenvalue weighted by atomic mass is 10.6. The van der Waals surface area contributed by atoms with Gasteiger partial charge >= 0.3 is 0 Å². The highest BCUT2D eigenvalue weighted by Gasteiger charge is 2.00. The second kappa shape index (κ2) is 2.11. The molecule has 3 nitrogen and oxygen atoms in total. The van der Waals surface area contributed by atoms with Crippen molar-refractivity contribution < 1.29 is 13.9 Å². The first-order chi connectivity index (χ1) is 3.21. The summed E-state index contributed by atoms with van der Waals surface area (Å²) < 4.78 is 20.5. The minimum Gasteiger partial charge on any atom is -0.412 e. The number of rotatable bonds is 0. The number of sulfone groups is 1. The van der Waals surface area contributed by atoms with E-state index in [0.29, 0.717) is 0 Å². The molecule has 1 heterocycles. The van der Waals surface area contributed by atoms with Gasteiger partial charge < -0.3 is 5.48 Å². The molecule has 0 radical (unpaired) electrons. The van der Waals surface area contributed by atoms with Gasteiger partial charge in [0, 0.05) is 10.8 Å². The van der Waals surface area contributed by atoms with Crippen LogP contribution >= 0.6 is 0 Å². The average molecular weight is 134 g/mol. The molecule has 0 saturated carbocycles. The van der Waals surface area contributed by atoms with E-state index >= 15 is 0 Å². The van der Waals surface area contributed by atoms with Crippen LogP contribution in [0.4, 0.5) is 0 Å². The third-order valence-electron chi connectivity index (χ3n) is 0.648. The van der Waals surface area contributed by atoms with Gasteiger partial charge in [0.1, 0.15) is 0 Å². The normalized spacial score (nSPS) is 20.5. The van der Waals surface area contributed by atoms with E-state index in [1.54, 1.807) is 0 Å². The van der Waals surface area contributed by atoms with Crippen LogP contribution in [-0.2, 0) is 9.84 Å². The lowest BCUT2D eigenvalue weighted by molar-refractivity contribution is 0.613. The van der Waals surface area contributed by atoms with Gasteiger partial charge in [0.25, 0.3) is 0 Å². The molecule has 2 N–H and O–H groups in total. The van der Waals surface area contributed by atoms with E-state index in [0.717, 1.165) is 10.8 Å². The molecule has 0 aromatic rings. The van der Waals surface area contributed by atoms with E-state index in [2.05, 4.69) is 0 Å². The topological polar surface area (TPSA) is 65.6 Å². The molecule has 0 atom stereocenters.